The summed E-state index contributed by atoms with van der Waals surface area (Å²) >= 11 is 0. The van der Waals surface area contributed by atoms with Gasteiger partial charge in [-0.3, -0.25) is 0 Å². The minimum Gasteiger partial charge on any atom is -0.393 e. The largest absolute Gasteiger partial charge is 0.393 e. The van der Waals surface area contributed by atoms with Gasteiger partial charge in [0.1, 0.15) is 0 Å². The number of aliphatic hydroxyl groups is 1. The summed E-state index contributed by atoms with van der Waals surface area (Å²) in [5.74, 6) is 1.03. The Morgan fingerprint density at radius 2 is 1.81 bits per heavy atom. The van der Waals surface area contributed by atoms with Gasteiger partial charge in [0.25, 0.3) is 0 Å². The van der Waals surface area contributed by atoms with E-state index < -0.39 is 0 Å². The molecule has 1 aliphatic rings. The monoisotopic (exact) mass is 228 g/mol. The molecular weight excluding hydrogens is 200 g/mol. The number of rotatable bonds is 4. The third-order valence-corrected chi connectivity index (χ3v) is 3.56. The highest BCUT2D eigenvalue weighted by Crippen LogP contribution is 2.44. The zero-order valence-electron chi connectivity index (χ0n) is 11.7. The van der Waals surface area contributed by atoms with Gasteiger partial charge < -0.3 is 9.84 Å². The van der Waals surface area contributed by atoms with E-state index in [1.807, 2.05) is 0 Å². The molecule has 2 atom stereocenters. The molecule has 0 spiro atoms. The van der Waals surface area contributed by atoms with Crippen LogP contribution in [0.3, 0.4) is 0 Å². The maximum atomic E-state index is 10.0. The summed E-state index contributed by atoms with van der Waals surface area (Å²) in [7, 11) is 0. The molecule has 0 aromatic rings. The van der Waals surface area contributed by atoms with Crippen molar-refractivity contribution in [2.75, 3.05) is 0 Å². The van der Waals surface area contributed by atoms with E-state index in [4.69, 9.17) is 4.74 Å². The highest BCUT2D eigenvalue weighted by atomic mass is 16.5. The quantitative estimate of drug-likeness (QED) is 0.799. The number of ether oxygens (including phenoxy) is 1. The summed E-state index contributed by atoms with van der Waals surface area (Å²) in [4.78, 5) is 0. The second-order valence-corrected chi connectivity index (χ2v) is 6.89. The van der Waals surface area contributed by atoms with Gasteiger partial charge in [0.05, 0.1) is 17.3 Å². The molecule has 0 radical (unpaired) electrons. The Labute approximate surface area is 100 Å². The standard InChI is InChI=1S/C14H28O2/c1-10(2)7-12(15)8-11-9-13(3,4)16-14(11,5)6/h10-12,15H,7-9H2,1-6H3. The zero-order chi connectivity index (χ0) is 12.6. The van der Waals surface area contributed by atoms with Crippen LogP contribution in [0, 0.1) is 11.8 Å². The fourth-order valence-electron chi connectivity index (χ4n) is 3.01. The topological polar surface area (TPSA) is 29.5 Å². The normalized spacial score (nSPS) is 29.6. The van der Waals surface area contributed by atoms with Crippen LogP contribution in [0.5, 0.6) is 0 Å². The smallest absolute Gasteiger partial charge is 0.0663 e. The van der Waals surface area contributed by atoms with Crippen molar-refractivity contribution in [1.82, 2.24) is 0 Å². The first-order valence-corrected chi connectivity index (χ1v) is 6.50. The van der Waals surface area contributed by atoms with Crippen LogP contribution >= 0.6 is 0 Å². The Bertz CT molecular complexity index is 231. The molecule has 1 rings (SSSR count). The lowest BCUT2D eigenvalue weighted by atomic mass is 9.82. The highest BCUT2D eigenvalue weighted by molar-refractivity contribution is 4.95. The highest BCUT2D eigenvalue weighted by Gasteiger charge is 2.46. The first-order valence-electron chi connectivity index (χ1n) is 6.50. The number of hydrogen-bond donors (Lipinski definition) is 1. The Balaban J connectivity index is 2.54. The Kier molecular flexibility index (Phi) is 4.07. The zero-order valence-corrected chi connectivity index (χ0v) is 11.7. The molecule has 16 heavy (non-hydrogen) atoms. The van der Waals surface area contributed by atoms with E-state index in [0.29, 0.717) is 11.8 Å². The van der Waals surface area contributed by atoms with Gasteiger partial charge in [-0.1, -0.05) is 13.8 Å². The summed E-state index contributed by atoms with van der Waals surface area (Å²) in [5, 5.41) is 10.0. The van der Waals surface area contributed by atoms with E-state index in [-0.39, 0.29) is 17.3 Å². The minimum atomic E-state index is -0.179. The van der Waals surface area contributed by atoms with E-state index in [9.17, 15) is 5.11 Å². The first-order chi connectivity index (χ1) is 7.12. The van der Waals surface area contributed by atoms with Crippen LogP contribution in [0.15, 0.2) is 0 Å². The van der Waals surface area contributed by atoms with Crippen molar-refractivity contribution in [3.05, 3.63) is 0 Å². The fourth-order valence-corrected chi connectivity index (χ4v) is 3.01. The third-order valence-electron chi connectivity index (χ3n) is 3.56. The summed E-state index contributed by atoms with van der Waals surface area (Å²) < 4.78 is 6.04. The molecule has 0 aromatic carbocycles. The molecule has 0 saturated carbocycles. The molecule has 1 heterocycles. The lowest BCUT2D eigenvalue weighted by Crippen LogP contribution is -2.31. The third kappa shape index (κ3) is 3.74. The van der Waals surface area contributed by atoms with E-state index in [1.165, 1.54) is 0 Å². The van der Waals surface area contributed by atoms with Crippen LogP contribution in [0.2, 0.25) is 0 Å². The number of hydrogen-bond acceptors (Lipinski definition) is 2. The summed E-state index contributed by atoms with van der Waals surface area (Å²) in [6.07, 6.45) is 2.64. The molecule has 96 valence electrons. The van der Waals surface area contributed by atoms with Crippen LogP contribution < -0.4 is 0 Å². The summed E-state index contributed by atoms with van der Waals surface area (Å²) in [6, 6.07) is 0. The van der Waals surface area contributed by atoms with Crippen LogP contribution in [-0.4, -0.2) is 22.4 Å². The van der Waals surface area contributed by atoms with Gasteiger partial charge in [-0.25, -0.2) is 0 Å². The molecule has 2 nitrogen and oxygen atoms in total. The van der Waals surface area contributed by atoms with Crippen LogP contribution in [0.1, 0.15) is 60.8 Å². The number of aliphatic hydroxyl groups excluding tert-OH is 1. The van der Waals surface area contributed by atoms with Crippen molar-refractivity contribution in [1.29, 1.82) is 0 Å². The van der Waals surface area contributed by atoms with Crippen LogP contribution in [0.4, 0.5) is 0 Å². The molecular formula is C14H28O2. The SMILES string of the molecule is CC(C)CC(O)CC1CC(C)(C)OC1(C)C. The fraction of sp³-hybridized carbons (Fsp3) is 1.00. The molecule has 2 unspecified atom stereocenters. The Hall–Kier alpha value is -0.0800. The predicted octanol–water partition coefficient (Wildman–Crippen LogP) is 3.38. The second-order valence-electron chi connectivity index (χ2n) is 6.89. The first kappa shape index (κ1) is 14.0. The van der Waals surface area contributed by atoms with Gasteiger partial charge in [0, 0.05) is 0 Å². The maximum absolute atomic E-state index is 10.0. The molecule has 1 fully saturated rings. The van der Waals surface area contributed by atoms with Gasteiger partial charge in [-0.05, 0) is 58.8 Å². The average Bonchev–Trinajstić information content (AvgIpc) is 2.16. The summed E-state index contributed by atoms with van der Waals surface area (Å²) in [5.41, 5.74) is -0.132. The van der Waals surface area contributed by atoms with Crippen molar-refractivity contribution < 1.29 is 9.84 Å². The van der Waals surface area contributed by atoms with Gasteiger partial charge in [0.2, 0.25) is 0 Å². The molecule has 0 aromatic heterocycles. The predicted molar refractivity (Wildman–Crippen MR) is 67.4 cm³/mol. The van der Waals surface area contributed by atoms with Gasteiger partial charge in [-0.2, -0.15) is 0 Å². The van der Waals surface area contributed by atoms with Crippen molar-refractivity contribution >= 4 is 0 Å². The molecule has 2 heteroatoms. The molecule has 1 saturated heterocycles. The minimum absolute atomic E-state index is 0.0360. The molecule has 0 amide bonds. The van der Waals surface area contributed by atoms with E-state index >= 15 is 0 Å². The lowest BCUT2D eigenvalue weighted by molar-refractivity contribution is -0.0785. The van der Waals surface area contributed by atoms with E-state index in [1.54, 1.807) is 0 Å². The Morgan fingerprint density at radius 1 is 1.25 bits per heavy atom. The van der Waals surface area contributed by atoms with E-state index in [2.05, 4.69) is 41.5 Å². The van der Waals surface area contributed by atoms with Crippen LogP contribution in [-0.2, 0) is 4.74 Å². The molecule has 0 bridgehead atoms. The Morgan fingerprint density at radius 3 is 2.19 bits per heavy atom. The van der Waals surface area contributed by atoms with Gasteiger partial charge in [-0.15, -0.1) is 0 Å². The lowest BCUT2D eigenvalue weighted by Gasteiger charge is -2.28. The van der Waals surface area contributed by atoms with E-state index in [0.717, 1.165) is 19.3 Å². The van der Waals surface area contributed by atoms with Gasteiger partial charge >= 0.3 is 0 Å². The average molecular weight is 228 g/mol. The second kappa shape index (κ2) is 4.66. The van der Waals surface area contributed by atoms with Crippen LogP contribution in [0.25, 0.3) is 0 Å². The maximum Gasteiger partial charge on any atom is 0.0663 e. The van der Waals surface area contributed by atoms with Crippen molar-refractivity contribution in [2.45, 2.75) is 78.1 Å². The van der Waals surface area contributed by atoms with Gasteiger partial charge in [0.15, 0.2) is 0 Å². The van der Waals surface area contributed by atoms with Crippen molar-refractivity contribution in [3.8, 4) is 0 Å². The molecule has 0 aliphatic carbocycles. The van der Waals surface area contributed by atoms with Crippen molar-refractivity contribution in [2.24, 2.45) is 11.8 Å². The molecule has 1 N–H and O–H groups in total. The van der Waals surface area contributed by atoms with Crippen molar-refractivity contribution in [3.63, 3.8) is 0 Å². The molecule has 1 aliphatic heterocycles. The summed E-state index contributed by atoms with van der Waals surface area (Å²) in [6.45, 7) is 12.9.